The molecule has 3 saturated heterocycles. The third-order valence-electron chi connectivity index (χ3n) is 11.3. The highest BCUT2D eigenvalue weighted by Gasteiger charge is 2.49. The van der Waals surface area contributed by atoms with Crippen LogP contribution in [0, 0.1) is 18.7 Å². The molecule has 2 N–H and O–H groups in total. The third kappa shape index (κ3) is 4.71. The average Bonchev–Trinajstić information content (AvgIpc) is 3.34. The number of rotatable bonds is 3. The monoisotopic (exact) mass is 644 g/mol. The summed E-state index contributed by atoms with van der Waals surface area (Å²) in [7, 11) is 0. The van der Waals surface area contributed by atoms with E-state index in [4.69, 9.17) is 24.4 Å². The summed E-state index contributed by atoms with van der Waals surface area (Å²) in [5.41, 5.74) is 3.49. The summed E-state index contributed by atoms with van der Waals surface area (Å²) < 4.78 is 43.7. The maximum absolute atomic E-state index is 17.2. The van der Waals surface area contributed by atoms with Gasteiger partial charge in [0.1, 0.15) is 29.8 Å². The van der Waals surface area contributed by atoms with Crippen molar-refractivity contribution in [2.45, 2.75) is 82.1 Å². The van der Waals surface area contributed by atoms with Crippen molar-refractivity contribution < 1.29 is 23.0 Å². The predicted molar refractivity (Wildman–Crippen MR) is 171 cm³/mol. The minimum atomic E-state index is -0.898. The van der Waals surface area contributed by atoms with E-state index >= 15 is 4.39 Å². The Hall–Kier alpha value is -4.13. The summed E-state index contributed by atoms with van der Waals surface area (Å²) in [4.78, 5) is 31.4. The van der Waals surface area contributed by atoms with Crippen LogP contribution in [0.1, 0.15) is 62.5 Å². The van der Waals surface area contributed by atoms with E-state index in [2.05, 4.69) is 38.3 Å². The van der Waals surface area contributed by atoms with Crippen LogP contribution in [0.3, 0.4) is 0 Å². The van der Waals surface area contributed by atoms with Crippen LogP contribution in [0.15, 0.2) is 18.5 Å². The van der Waals surface area contributed by atoms with Gasteiger partial charge in [-0.2, -0.15) is 15.1 Å². The van der Waals surface area contributed by atoms with E-state index < -0.39 is 23.6 Å². The van der Waals surface area contributed by atoms with Crippen molar-refractivity contribution >= 4 is 33.7 Å². The van der Waals surface area contributed by atoms with Crippen LogP contribution in [-0.2, 0) is 4.74 Å². The molecular formula is C34H38F2N8O3. The van der Waals surface area contributed by atoms with Crippen molar-refractivity contribution in [3.8, 4) is 17.3 Å². The largest absolute Gasteiger partial charge is 0.461 e. The van der Waals surface area contributed by atoms with Gasteiger partial charge >= 0.3 is 12.1 Å². The number of hydrogen-bond donors (Lipinski definition) is 2. The van der Waals surface area contributed by atoms with Crippen molar-refractivity contribution in [2.75, 3.05) is 37.7 Å². The molecule has 246 valence electrons. The normalized spacial score (nSPS) is 30.3. The van der Waals surface area contributed by atoms with Crippen molar-refractivity contribution in [2.24, 2.45) is 5.92 Å². The van der Waals surface area contributed by atoms with E-state index in [-0.39, 0.29) is 41.8 Å². The molecule has 3 aromatic heterocycles. The zero-order chi connectivity index (χ0) is 32.0. The number of carbonyl (C=O) groups is 1. The summed E-state index contributed by atoms with van der Waals surface area (Å²) in [6.45, 7) is 6.32. The van der Waals surface area contributed by atoms with E-state index in [1.54, 1.807) is 12.4 Å². The lowest BCUT2D eigenvalue weighted by molar-refractivity contribution is 0.107. The first kappa shape index (κ1) is 29.0. The Bertz CT molecular complexity index is 1920. The number of halogens is 2. The first-order valence-electron chi connectivity index (χ1n) is 16.8. The molecular weight excluding hydrogens is 606 g/mol. The van der Waals surface area contributed by atoms with Gasteiger partial charge in [0.2, 0.25) is 0 Å². The lowest BCUT2D eigenvalue weighted by Crippen LogP contribution is -2.43. The van der Waals surface area contributed by atoms with Crippen molar-refractivity contribution in [1.29, 1.82) is 0 Å². The number of aromatic amines is 1. The number of H-pyrrole nitrogens is 1. The van der Waals surface area contributed by atoms with E-state index in [1.807, 2.05) is 6.92 Å². The maximum atomic E-state index is 17.2. The number of fused-ring (bicyclic) bond motifs is 7. The zero-order valence-electron chi connectivity index (χ0n) is 26.6. The van der Waals surface area contributed by atoms with Gasteiger partial charge in [0.05, 0.1) is 35.3 Å². The first-order chi connectivity index (χ1) is 22.8. The molecule has 10 rings (SSSR count). The second kappa shape index (κ2) is 10.7. The van der Waals surface area contributed by atoms with Crippen LogP contribution in [0.5, 0.6) is 6.01 Å². The van der Waals surface area contributed by atoms with E-state index in [0.29, 0.717) is 55.2 Å². The number of nitrogens with zero attached hydrogens (tertiary/aromatic N) is 6. The van der Waals surface area contributed by atoms with Gasteiger partial charge in [-0.1, -0.05) is 0 Å². The summed E-state index contributed by atoms with van der Waals surface area (Å²) in [6.07, 6.45) is 6.58. The van der Waals surface area contributed by atoms with Crippen LogP contribution in [0.4, 0.5) is 19.4 Å². The quantitative estimate of drug-likeness (QED) is 0.311. The minimum Gasteiger partial charge on any atom is -0.461 e. The van der Waals surface area contributed by atoms with Crippen LogP contribution in [0.2, 0.25) is 0 Å². The van der Waals surface area contributed by atoms with Crippen LogP contribution in [-0.4, -0.2) is 92.8 Å². The molecule has 1 aliphatic carbocycles. The van der Waals surface area contributed by atoms with Gasteiger partial charge < -0.3 is 19.7 Å². The highest BCUT2D eigenvalue weighted by Crippen LogP contribution is 2.54. The Morgan fingerprint density at radius 3 is 2.98 bits per heavy atom. The molecule has 0 unspecified atom stereocenters. The SMILES string of the molecule is Cc1cc2[nH]ncc2c2c1[C@@H]1C[C@@H]1CCOC(=O)N[C@@H]1C[C@@H](C)N(C1)c1nc(OC[C@@]34CCCN3C[C@H](F)C4)nc3c(F)c-2ncc13. The summed E-state index contributed by atoms with van der Waals surface area (Å²) in [6, 6.07) is 1.89. The second-order valence-electron chi connectivity index (χ2n) is 14.3. The molecule has 11 nitrogen and oxygen atoms in total. The Balaban J connectivity index is 1.22. The first-order valence-corrected chi connectivity index (χ1v) is 16.8. The molecule has 47 heavy (non-hydrogen) atoms. The minimum absolute atomic E-state index is 0.0277. The fourth-order valence-electron chi connectivity index (χ4n) is 8.96. The summed E-state index contributed by atoms with van der Waals surface area (Å²) in [5.74, 6) is 0.421. The number of benzene rings is 1. The Labute approximate surface area is 270 Å². The number of aryl methyl sites for hydroxylation is 1. The number of anilines is 1. The van der Waals surface area contributed by atoms with Crippen LogP contribution < -0.4 is 15.0 Å². The van der Waals surface area contributed by atoms with Gasteiger partial charge in [-0.05, 0) is 81.5 Å². The number of amides is 1. The lowest BCUT2D eigenvalue weighted by atomic mass is 9.91. The molecule has 6 aliphatic rings. The molecule has 13 heteroatoms. The molecule has 4 aromatic rings. The van der Waals surface area contributed by atoms with E-state index in [0.717, 1.165) is 54.3 Å². The number of alkyl halides is 1. The molecule has 5 aliphatic heterocycles. The number of ether oxygens (including phenoxy) is 2. The number of hydrogen-bond acceptors (Lipinski definition) is 9. The zero-order valence-corrected chi connectivity index (χ0v) is 26.6. The van der Waals surface area contributed by atoms with Gasteiger partial charge in [-0.25, -0.2) is 13.6 Å². The molecule has 4 fully saturated rings. The van der Waals surface area contributed by atoms with Crippen molar-refractivity contribution in [3.63, 3.8) is 0 Å². The van der Waals surface area contributed by atoms with Gasteiger partial charge in [-0.3, -0.25) is 15.0 Å². The van der Waals surface area contributed by atoms with Gasteiger partial charge in [0.15, 0.2) is 5.82 Å². The highest BCUT2D eigenvalue weighted by atomic mass is 19.1. The van der Waals surface area contributed by atoms with Gasteiger partial charge in [0, 0.05) is 42.7 Å². The maximum Gasteiger partial charge on any atom is 0.407 e. The molecule has 1 aromatic carbocycles. The smallest absolute Gasteiger partial charge is 0.407 e. The van der Waals surface area contributed by atoms with Crippen LogP contribution >= 0.6 is 0 Å². The van der Waals surface area contributed by atoms with Crippen molar-refractivity contribution in [3.05, 3.63) is 35.4 Å². The molecule has 6 bridgehead atoms. The van der Waals surface area contributed by atoms with Crippen molar-refractivity contribution in [1.82, 2.24) is 35.4 Å². The highest BCUT2D eigenvalue weighted by molar-refractivity contribution is 6.00. The lowest BCUT2D eigenvalue weighted by Gasteiger charge is -2.31. The Kier molecular flexibility index (Phi) is 6.61. The molecule has 8 heterocycles. The van der Waals surface area contributed by atoms with E-state index in [9.17, 15) is 9.18 Å². The predicted octanol–water partition coefficient (Wildman–Crippen LogP) is 5.17. The molecule has 0 radical (unpaired) electrons. The summed E-state index contributed by atoms with van der Waals surface area (Å²) >= 11 is 0. The topological polar surface area (TPSA) is 121 Å². The molecule has 6 atom stereocenters. The van der Waals surface area contributed by atoms with Crippen LogP contribution in [0.25, 0.3) is 33.1 Å². The number of aromatic nitrogens is 5. The Morgan fingerprint density at radius 1 is 1.19 bits per heavy atom. The number of carbonyl (C=O) groups excluding carboxylic acids is 1. The average molecular weight is 645 g/mol. The fraction of sp³-hybridized carbons (Fsp3) is 0.559. The Morgan fingerprint density at radius 2 is 2.09 bits per heavy atom. The van der Waals surface area contributed by atoms with Gasteiger partial charge in [-0.15, -0.1) is 0 Å². The van der Waals surface area contributed by atoms with Gasteiger partial charge in [0.25, 0.3) is 0 Å². The fourth-order valence-corrected chi connectivity index (χ4v) is 8.96. The second-order valence-corrected chi connectivity index (χ2v) is 14.3. The third-order valence-corrected chi connectivity index (χ3v) is 11.3. The summed E-state index contributed by atoms with van der Waals surface area (Å²) in [5, 5.41) is 11.6. The molecule has 1 amide bonds. The van der Waals surface area contributed by atoms with E-state index in [1.165, 1.54) is 0 Å². The standard InChI is InChI=1S/C34H38F2N8O3/c1-17-8-25-23(13-38-42-25)27-26(17)22-10-19(22)4-7-46-33(45)39-21-9-18(2)44(15-21)31-24-12-37-30(27)28(36)29(24)40-32(41-31)47-16-34-5-3-6-43(34)14-20(35)11-34/h8,12-13,18-22H,3-7,9-11,14-16H2,1-2H3,(H,38,42)(H,39,45)/t18-,19+,20-,21-,22-,34+/m1/s1. The number of pyridine rings is 1. The number of alkyl carbamates (subject to hydrolysis) is 1. The number of nitrogens with one attached hydrogen (secondary N) is 2. The molecule has 0 spiro atoms. The molecule has 1 saturated carbocycles.